The van der Waals surface area contributed by atoms with E-state index in [0.717, 1.165) is 13.1 Å². The predicted molar refractivity (Wildman–Crippen MR) is 86.5 cm³/mol. The van der Waals surface area contributed by atoms with E-state index in [-0.39, 0.29) is 17.4 Å². The maximum atomic E-state index is 12.2. The van der Waals surface area contributed by atoms with Crippen LogP contribution < -0.4 is 5.73 Å². The number of carbonyl (C=O) groups is 1. The molecule has 1 aromatic carbocycles. The summed E-state index contributed by atoms with van der Waals surface area (Å²) in [6, 6.07) is 6.46. The van der Waals surface area contributed by atoms with Crippen molar-refractivity contribution in [2.45, 2.75) is 60.2 Å². The Balaban J connectivity index is 2.14. The molecule has 1 aliphatic heterocycles. The van der Waals surface area contributed by atoms with Gasteiger partial charge in [-0.05, 0) is 28.0 Å². The molecule has 2 N–H and O–H groups in total. The number of nitrogens with two attached hydrogens (primary N) is 1. The van der Waals surface area contributed by atoms with Crippen LogP contribution in [0.5, 0.6) is 0 Å². The lowest BCUT2D eigenvalue weighted by Crippen LogP contribution is -2.26. The number of carbonyl (C=O) groups excluding carboxylic acids is 1. The van der Waals surface area contributed by atoms with E-state index in [1.807, 2.05) is 4.90 Å². The molecule has 0 spiro atoms. The normalized spacial score (nSPS) is 16.2. The average molecular weight is 288 g/mol. The lowest BCUT2D eigenvalue weighted by molar-refractivity contribution is -0.132. The number of hydrogen-bond donors (Lipinski definition) is 1. The van der Waals surface area contributed by atoms with E-state index in [2.05, 4.69) is 52.8 Å². The highest BCUT2D eigenvalue weighted by Crippen LogP contribution is 2.33. The van der Waals surface area contributed by atoms with Crippen molar-refractivity contribution in [3.63, 3.8) is 0 Å². The summed E-state index contributed by atoms with van der Waals surface area (Å²) in [7, 11) is 0. The zero-order valence-corrected chi connectivity index (χ0v) is 13.9. The first-order valence-electron chi connectivity index (χ1n) is 7.83. The number of amides is 1. The van der Waals surface area contributed by atoms with Crippen molar-refractivity contribution in [2.75, 3.05) is 0 Å². The molecule has 0 bridgehead atoms. The monoisotopic (exact) mass is 288 g/mol. The first-order chi connectivity index (χ1) is 9.68. The Hall–Kier alpha value is -1.35. The molecule has 3 nitrogen and oxygen atoms in total. The first-order valence-corrected chi connectivity index (χ1v) is 7.83. The Labute approximate surface area is 128 Å². The van der Waals surface area contributed by atoms with Crippen LogP contribution in [0, 0.1) is 11.3 Å². The second-order valence-corrected chi connectivity index (χ2v) is 7.72. The van der Waals surface area contributed by atoms with Gasteiger partial charge in [0.15, 0.2) is 0 Å². The number of benzene rings is 1. The third kappa shape index (κ3) is 3.65. The highest BCUT2D eigenvalue weighted by molar-refractivity contribution is 5.77. The summed E-state index contributed by atoms with van der Waals surface area (Å²) in [5.74, 6) is 0.661. The molecular weight excluding hydrogens is 260 g/mol. The van der Waals surface area contributed by atoms with Gasteiger partial charge in [0.05, 0.1) is 0 Å². The highest BCUT2D eigenvalue weighted by atomic mass is 16.2. The van der Waals surface area contributed by atoms with Gasteiger partial charge in [0, 0.05) is 25.6 Å². The molecule has 1 unspecified atom stereocenters. The number of nitrogens with zero attached hydrogens (tertiary/aromatic N) is 1. The zero-order chi connectivity index (χ0) is 15.8. The Morgan fingerprint density at radius 1 is 1.24 bits per heavy atom. The van der Waals surface area contributed by atoms with Crippen molar-refractivity contribution in [1.29, 1.82) is 0 Å². The van der Waals surface area contributed by atoms with Crippen LogP contribution in [0.15, 0.2) is 18.2 Å². The molecule has 1 amide bonds. The standard InChI is InChI=1S/C18H28N2O/c1-12(2)8-16(21)20-10-14-7-6-13(9-15(14)11-20)17(19)18(3,4)5/h6-7,9,12,17H,8,10-11,19H2,1-5H3. The summed E-state index contributed by atoms with van der Waals surface area (Å²) >= 11 is 0. The topological polar surface area (TPSA) is 46.3 Å². The fourth-order valence-corrected chi connectivity index (χ4v) is 2.76. The summed E-state index contributed by atoms with van der Waals surface area (Å²) in [5.41, 5.74) is 10.1. The number of hydrogen-bond acceptors (Lipinski definition) is 2. The summed E-state index contributed by atoms with van der Waals surface area (Å²) in [4.78, 5) is 14.2. The number of rotatable bonds is 3. The largest absolute Gasteiger partial charge is 0.334 e. The van der Waals surface area contributed by atoms with Crippen LogP contribution in [0.1, 0.15) is 63.8 Å². The zero-order valence-electron chi connectivity index (χ0n) is 13.9. The molecule has 3 heteroatoms. The van der Waals surface area contributed by atoms with Gasteiger partial charge in [0.1, 0.15) is 0 Å². The molecular formula is C18H28N2O. The van der Waals surface area contributed by atoms with Gasteiger partial charge in [-0.1, -0.05) is 52.8 Å². The van der Waals surface area contributed by atoms with Gasteiger partial charge in [0.25, 0.3) is 0 Å². The molecule has 0 saturated carbocycles. The van der Waals surface area contributed by atoms with E-state index in [4.69, 9.17) is 5.73 Å². The minimum absolute atomic E-state index is 0.0169. The molecule has 0 aliphatic carbocycles. The van der Waals surface area contributed by atoms with E-state index in [9.17, 15) is 4.79 Å². The van der Waals surface area contributed by atoms with E-state index < -0.39 is 0 Å². The predicted octanol–water partition coefficient (Wildman–Crippen LogP) is 3.62. The van der Waals surface area contributed by atoms with E-state index >= 15 is 0 Å². The molecule has 1 heterocycles. The summed E-state index contributed by atoms with van der Waals surface area (Å²) in [6.45, 7) is 12.1. The van der Waals surface area contributed by atoms with Crippen LogP contribution >= 0.6 is 0 Å². The smallest absolute Gasteiger partial charge is 0.223 e. The van der Waals surface area contributed by atoms with Gasteiger partial charge < -0.3 is 10.6 Å². The summed E-state index contributed by atoms with van der Waals surface area (Å²) in [5, 5.41) is 0. The summed E-state index contributed by atoms with van der Waals surface area (Å²) < 4.78 is 0. The van der Waals surface area contributed by atoms with Crippen LogP contribution in [0.4, 0.5) is 0 Å². The highest BCUT2D eigenvalue weighted by Gasteiger charge is 2.27. The van der Waals surface area contributed by atoms with Crippen molar-refractivity contribution < 1.29 is 4.79 Å². The van der Waals surface area contributed by atoms with Crippen molar-refractivity contribution in [1.82, 2.24) is 4.90 Å². The van der Waals surface area contributed by atoms with Crippen molar-refractivity contribution in [3.05, 3.63) is 34.9 Å². The Bertz CT molecular complexity index is 529. The van der Waals surface area contributed by atoms with Crippen molar-refractivity contribution in [2.24, 2.45) is 17.1 Å². The summed E-state index contributed by atoms with van der Waals surface area (Å²) in [6.07, 6.45) is 0.627. The molecule has 1 aromatic rings. The number of fused-ring (bicyclic) bond motifs is 1. The second-order valence-electron chi connectivity index (χ2n) is 7.72. The van der Waals surface area contributed by atoms with Gasteiger partial charge in [-0.2, -0.15) is 0 Å². The molecule has 0 radical (unpaired) electrons. The maximum Gasteiger partial charge on any atom is 0.223 e. The lowest BCUT2D eigenvalue weighted by atomic mass is 9.82. The van der Waals surface area contributed by atoms with Gasteiger partial charge in [-0.25, -0.2) is 0 Å². The molecule has 1 atom stereocenters. The maximum absolute atomic E-state index is 12.2. The van der Waals surface area contributed by atoms with Crippen LogP contribution in [0.2, 0.25) is 0 Å². The quantitative estimate of drug-likeness (QED) is 0.923. The SMILES string of the molecule is CC(C)CC(=O)N1Cc2ccc(C(N)C(C)(C)C)cc2C1. The molecule has 0 saturated heterocycles. The van der Waals surface area contributed by atoms with Gasteiger partial charge in [-0.3, -0.25) is 4.79 Å². The molecule has 1 aliphatic rings. The first kappa shape index (κ1) is 16.0. The van der Waals surface area contributed by atoms with Gasteiger partial charge >= 0.3 is 0 Å². The van der Waals surface area contributed by atoms with Crippen LogP contribution in [0.3, 0.4) is 0 Å². The Morgan fingerprint density at radius 3 is 2.43 bits per heavy atom. The lowest BCUT2D eigenvalue weighted by Gasteiger charge is -2.27. The van der Waals surface area contributed by atoms with E-state index in [0.29, 0.717) is 12.3 Å². The van der Waals surface area contributed by atoms with Crippen LogP contribution in [0.25, 0.3) is 0 Å². The molecule has 21 heavy (non-hydrogen) atoms. The minimum Gasteiger partial charge on any atom is -0.334 e. The van der Waals surface area contributed by atoms with Crippen LogP contribution in [-0.4, -0.2) is 10.8 Å². The molecule has 116 valence electrons. The molecule has 0 fully saturated rings. The van der Waals surface area contributed by atoms with E-state index in [1.165, 1.54) is 16.7 Å². The molecule has 0 aromatic heterocycles. The van der Waals surface area contributed by atoms with Crippen molar-refractivity contribution >= 4 is 5.91 Å². The van der Waals surface area contributed by atoms with Gasteiger partial charge in [0.2, 0.25) is 5.91 Å². The van der Waals surface area contributed by atoms with Crippen LogP contribution in [-0.2, 0) is 17.9 Å². The average Bonchev–Trinajstić information content (AvgIpc) is 2.78. The van der Waals surface area contributed by atoms with E-state index in [1.54, 1.807) is 0 Å². The Morgan fingerprint density at radius 2 is 1.86 bits per heavy atom. The van der Waals surface area contributed by atoms with Crippen molar-refractivity contribution in [3.8, 4) is 0 Å². The fourth-order valence-electron chi connectivity index (χ4n) is 2.76. The minimum atomic E-state index is 0.0169. The van der Waals surface area contributed by atoms with Gasteiger partial charge in [-0.15, -0.1) is 0 Å². The fraction of sp³-hybridized carbons (Fsp3) is 0.611. The third-order valence-electron chi connectivity index (χ3n) is 4.18. The Kier molecular flexibility index (Phi) is 4.43. The third-order valence-corrected chi connectivity index (χ3v) is 4.18. The molecule has 2 rings (SSSR count). The second kappa shape index (κ2) is 5.80.